The smallest absolute Gasteiger partial charge is 0.0726 e. The van der Waals surface area contributed by atoms with Crippen LogP contribution in [-0.4, -0.2) is 34.3 Å². The first-order valence-electron chi connectivity index (χ1n) is 7.62. The molecule has 0 amide bonds. The molecule has 0 aromatic carbocycles. The van der Waals surface area contributed by atoms with Gasteiger partial charge in [-0.1, -0.05) is 34.6 Å². The number of hydrogen-bond donors (Lipinski definition) is 1. The van der Waals surface area contributed by atoms with Crippen LogP contribution in [0.1, 0.15) is 58.3 Å². The Morgan fingerprint density at radius 2 is 2.05 bits per heavy atom. The molecule has 2 N–H and O–H groups in total. The summed E-state index contributed by atoms with van der Waals surface area (Å²) in [5.41, 5.74) is 9.06. The van der Waals surface area contributed by atoms with E-state index in [-0.39, 0.29) is 5.41 Å². The summed E-state index contributed by atoms with van der Waals surface area (Å²) in [6, 6.07) is 0.291. The Labute approximate surface area is 123 Å². The summed E-state index contributed by atoms with van der Waals surface area (Å²) in [5.74, 6) is 0. The van der Waals surface area contributed by atoms with Crippen molar-refractivity contribution in [1.29, 1.82) is 0 Å². The van der Waals surface area contributed by atoms with Gasteiger partial charge in [-0.05, 0) is 18.4 Å². The van der Waals surface area contributed by atoms with Crippen molar-refractivity contribution in [2.24, 2.45) is 18.2 Å². The van der Waals surface area contributed by atoms with Crippen LogP contribution in [0.25, 0.3) is 0 Å². The third kappa shape index (κ3) is 3.07. The molecule has 114 valence electrons. The lowest BCUT2D eigenvalue weighted by Gasteiger charge is -2.30. The third-order valence-corrected chi connectivity index (χ3v) is 4.30. The molecule has 1 atom stereocenters. The van der Waals surface area contributed by atoms with E-state index in [1.165, 1.54) is 17.7 Å². The molecule has 4 heteroatoms. The standard InChI is InChI=1S/C16H30N4/c1-15(2,3)14-12(10-19(6)18-14)13(9-17)20-8-7-16(4,5)11-20/h10,13H,7-9,11,17H2,1-6H3. The number of hydrogen-bond acceptors (Lipinski definition) is 3. The fourth-order valence-corrected chi connectivity index (χ4v) is 3.23. The van der Waals surface area contributed by atoms with Crippen molar-refractivity contribution in [2.45, 2.75) is 52.5 Å². The molecule has 2 rings (SSSR count). The summed E-state index contributed by atoms with van der Waals surface area (Å²) in [7, 11) is 2.00. The van der Waals surface area contributed by atoms with Crippen LogP contribution in [-0.2, 0) is 12.5 Å². The van der Waals surface area contributed by atoms with E-state index in [9.17, 15) is 0 Å². The lowest BCUT2D eigenvalue weighted by Crippen LogP contribution is -2.34. The Morgan fingerprint density at radius 3 is 2.50 bits per heavy atom. The van der Waals surface area contributed by atoms with Gasteiger partial charge in [0.1, 0.15) is 0 Å². The first kappa shape index (κ1) is 15.5. The summed E-state index contributed by atoms with van der Waals surface area (Å²) < 4.78 is 1.93. The molecule has 1 aliphatic rings. The second-order valence-corrected chi connectivity index (χ2v) is 7.99. The Morgan fingerprint density at radius 1 is 1.40 bits per heavy atom. The zero-order valence-corrected chi connectivity index (χ0v) is 13.9. The van der Waals surface area contributed by atoms with E-state index in [0.717, 1.165) is 13.1 Å². The van der Waals surface area contributed by atoms with Crippen molar-refractivity contribution in [3.8, 4) is 0 Å². The first-order chi connectivity index (χ1) is 9.14. The molecule has 20 heavy (non-hydrogen) atoms. The average Bonchev–Trinajstić information content (AvgIpc) is 2.83. The molecule has 1 unspecified atom stereocenters. The van der Waals surface area contributed by atoms with E-state index < -0.39 is 0 Å². The van der Waals surface area contributed by atoms with E-state index in [4.69, 9.17) is 10.8 Å². The van der Waals surface area contributed by atoms with Gasteiger partial charge in [0.25, 0.3) is 0 Å². The molecule has 0 saturated carbocycles. The van der Waals surface area contributed by atoms with Crippen molar-refractivity contribution < 1.29 is 0 Å². The maximum atomic E-state index is 6.12. The van der Waals surface area contributed by atoms with Crippen LogP contribution in [0.15, 0.2) is 6.20 Å². The summed E-state index contributed by atoms with van der Waals surface area (Å²) in [4.78, 5) is 2.53. The van der Waals surface area contributed by atoms with E-state index in [1.54, 1.807) is 0 Å². The van der Waals surface area contributed by atoms with E-state index in [2.05, 4.69) is 45.7 Å². The van der Waals surface area contributed by atoms with Gasteiger partial charge in [-0.3, -0.25) is 9.58 Å². The summed E-state index contributed by atoms with van der Waals surface area (Å²) >= 11 is 0. The quantitative estimate of drug-likeness (QED) is 0.924. The van der Waals surface area contributed by atoms with Crippen molar-refractivity contribution in [3.63, 3.8) is 0 Å². The number of nitrogens with two attached hydrogens (primary N) is 1. The fraction of sp³-hybridized carbons (Fsp3) is 0.812. The molecule has 1 aromatic rings. The molecule has 1 aromatic heterocycles. The average molecular weight is 278 g/mol. The van der Waals surface area contributed by atoms with E-state index in [0.29, 0.717) is 18.0 Å². The third-order valence-electron chi connectivity index (χ3n) is 4.30. The highest BCUT2D eigenvalue weighted by Crippen LogP contribution is 2.37. The highest BCUT2D eigenvalue weighted by molar-refractivity contribution is 5.28. The number of aromatic nitrogens is 2. The number of likely N-dealkylation sites (tertiary alicyclic amines) is 1. The monoisotopic (exact) mass is 278 g/mol. The van der Waals surface area contributed by atoms with Gasteiger partial charge >= 0.3 is 0 Å². The Bertz CT molecular complexity index is 467. The lowest BCUT2D eigenvalue weighted by molar-refractivity contribution is 0.221. The van der Waals surface area contributed by atoms with Crippen LogP contribution in [0.4, 0.5) is 0 Å². The van der Waals surface area contributed by atoms with Gasteiger partial charge in [0.05, 0.1) is 11.7 Å². The van der Waals surface area contributed by atoms with E-state index in [1.807, 2.05) is 11.7 Å². The molecule has 1 fully saturated rings. The SMILES string of the molecule is Cn1cc(C(CN)N2CCC(C)(C)C2)c(C(C)(C)C)n1. The Kier molecular flexibility index (Phi) is 4.00. The van der Waals surface area contributed by atoms with Crippen LogP contribution >= 0.6 is 0 Å². The highest BCUT2D eigenvalue weighted by atomic mass is 15.3. The molecule has 0 spiro atoms. The summed E-state index contributed by atoms with van der Waals surface area (Å²) in [5, 5.41) is 4.69. The lowest BCUT2D eigenvalue weighted by atomic mass is 9.87. The first-order valence-corrected chi connectivity index (χ1v) is 7.62. The second-order valence-electron chi connectivity index (χ2n) is 7.99. The fourth-order valence-electron chi connectivity index (χ4n) is 3.23. The maximum absolute atomic E-state index is 6.12. The van der Waals surface area contributed by atoms with Crippen LogP contribution < -0.4 is 5.73 Å². The van der Waals surface area contributed by atoms with Gasteiger partial charge in [-0.15, -0.1) is 0 Å². The normalized spacial score (nSPS) is 21.4. The molecule has 1 aliphatic heterocycles. The Balaban J connectivity index is 2.33. The highest BCUT2D eigenvalue weighted by Gasteiger charge is 2.36. The molecule has 4 nitrogen and oxygen atoms in total. The number of nitrogens with zero attached hydrogens (tertiary/aromatic N) is 3. The topological polar surface area (TPSA) is 47.1 Å². The molecule has 0 bridgehead atoms. The predicted octanol–water partition coefficient (Wildman–Crippen LogP) is 2.45. The van der Waals surface area contributed by atoms with Gasteiger partial charge in [-0.2, -0.15) is 5.10 Å². The molecule has 0 aliphatic carbocycles. The minimum atomic E-state index is 0.0548. The number of rotatable bonds is 3. The molecule has 2 heterocycles. The van der Waals surface area contributed by atoms with E-state index >= 15 is 0 Å². The minimum Gasteiger partial charge on any atom is -0.329 e. The maximum Gasteiger partial charge on any atom is 0.0726 e. The van der Waals surface area contributed by atoms with Crippen LogP contribution in [0, 0.1) is 5.41 Å². The predicted molar refractivity (Wildman–Crippen MR) is 83.7 cm³/mol. The van der Waals surface area contributed by atoms with Crippen molar-refractivity contribution in [1.82, 2.24) is 14.7 Å². The van der Waals surface area contributed by atoms with Crippen molar-refractivity contribution in [2.75, 3.05) is 19.6 Å². The largest absolute Gasteiger partial charge is 0.329 e. The zero-order valence-electron chi connectivity index (χ0n) is 13.9. The molecule has 1 saturated heterocycles. The van der Waals surface area contributed by atoms with Gasteiger partial charge in [0.15, 0.2) is 0 Å². The van der Waals surface area contributed by atoms with Crippen LogP contribution in [0.3, 0.4) is 0 Å². The van der Waals surface area contributed by atoms with Gasteiger partial charge in [0, 0.05) is 37.3 Å². The van der Waals surface area contributed by atoms with Gasteiger partial charge < -0.3 is 5.73 Å². The van der Waals surface area contributed by atoms with Crippen molar-refractivity contribution >= 4 is 0 Å². The summed E-state index contributed by atoms with van der Waals surface area (Å²) in [6.45, 7) is 14.3. The molecular formula is C16H30N4. The second kappa shape index (κ2) is 5.15. The Hall–Kier alpha value is -0.870. The molecular weight excluding hydrogens is 248 g/mol. The van der Waals surface area contributed by atoms with Crippen molar-refractivity contribution in [3.05, 3.63) is 17.5 Å². The van der Waals surface area contributed by atoms with Gasteiger partial charge in [0.2, 0.25) is 0 Å². The van der Waals surface area contributed by atoms with Gasteiger partial charge in [-0.25, -0.2) is 0 Å². The van der Waals surface area contributed by atoms with Crippen LogP contribution in [0.2, 0.25) is 0 Å². The molecule has 0 radical (unpaired) electrons. The zero-order chi connectivity index (χ0) is 15.1. The number of aryl methyl sites for hydroxylation is 1. The summed E-state index contributed by atoms with van der Waals surface area (Å²) in [6.07, 6.45) is 3.40. The minimum absolute atomic E-state index is 0.0548. The van der Waals surface area contributed by atoms with Crippen LogP contribution in [0.5, 0.6) is 0 Å².